The van der Waals surface area contributed by atoms with Crippen LogP contribution < -0.4 is 11.1 Å². The zero-order valence-electron chi connectivity index (χ0n) is 16.1. The predicted molar refractivity (Wildman–Crippen MR) is 138 cm³/mol. The second kappa shape index (κ2) is 11.0. The summed E-state index contributed by atoms with van der Waals surface area (Å²) >= 11 is 27.3. The molecule has 0 radical (unpaired) electrons. The number of carbonyl (C=O) groups excluding carboxylic acids is 1. The molecule has 29 heavy (non-hydrogen) atoms. The molecule has 2 rings (SSSR count). The Morgan fingerprint density at radius 1 is 0.966 bits per heavy atom. The standard InChI is InChI=1S/C11H13Cl2IN2O2.C6H5Cl2IN2/c1-5-8(7(14)6(12)9(13)15-5)16-10(17)18-11(2,3)4;1-2-5(10)4(9)3(7)6(8)11-2/h1-4H3,(H,16,17);10H2,1H3. The van der Waals surface area contributed by atoms with E-state index in [1.165, 1.54) is 0 Å². The second-order valence-corrected chi connectivity index (χ2v) is 10.3. The average molecular weight is 706 g/mol. The Kier molecular flexibility index (Phi) is 10.3. The minimum absolute atomic E-state index is 0.216. The van der Waals surface area contributed by atoms with Gasteiger partial charge in [0, 0.05) is 0 Å². The summed E-state index contributed by atoms with van der Waals surface area (Å²) in [4.78, 5) is 19.7. The number of hydrogen-bond acceptors (Lipinski definition) is 5. The molecule has 0 bridgehead atoms. The summed E-state index contributed by atoms with van der Waals surface area (Å²) in [5, 5.41) is 3.89. The molecule has 0 aliphatic carbocycles. The Hall–Kier alpha value is -0.0100. The SMILES string of the molecule is Cc1nc(Cl)c(Cl)c(I)c1N.Cc1nc(Cl)c(Cl)c(I)c1NC(=O)OC(C)(C)C. The molecule has 0 atom stereocenters. The minimum Gasteiger partial charge on any atom is -0.444 e. The van der Waals surface area contributed by atoms with E-state index in [1.807, 2.05) is 45.2 Å². The van der Waals surface area contributed by atoms with Gasteiger partial charge in [0.2, 0.25) is 0 Å². The van der Waals surface area contributed by atoms with Gasteiger partial charge in [-0.25, -0.2) is 14.8 Å². The van der Waals surface area contributed by atoms with Gasteiger partial charge in [-0.2, -0.15) is 0 Å². The Bertz CT molecular complexity index is 911. The van der Waals surface area contributed by atoms with Crippen molar-refractivity contribution in [3.63, 3.8) is 0 Å². The number of nitrogens with zero attached hydrogens (tertiary/aromatic N) is 2. The first-order valence-corrected chi connectivity index (χ1v) is 11.6. The monoisotopic (exact) mass is 704 g/mol. The van der Waals surface area contributed by atoms with Gasteiger partial charge >= 0.3 is 6.09 Å². The number of amides is 1. The van der Waals surface area contributed by atoms with Crippen LogP contribution in [0.1, 0.15) is 32.2 Å². The summed E-state index contributed by atoms with van der Waals surface area (Å²) in [5.74, 6) is 0. The smallest absolute Gasteiger partial charge is 0.412 e. The normalized spacial score (nSPS) is 10.9. The Balaban J connectivity index is 0.000000326. The summed E-state index contributed by atoms with van der Waals surface area (Å²) in [6.07, 6.45) is -0.552. The molecule has 0 saturated heterocycles. The first-order chi connectivity index (χ1) is 13.2. The highest BCUT2D eigenvalue weighted by Gasteiger charge is 2.20. The zero-order chi connectivity index (χ0) is 22.7. The van der Waals surface area contributed by atoms with Crippen molar-refractivity contribution in [3.8, 4) is 0 Å². The molecule has 1 amide bonds. The van der Waals surface area contributed by atoms with Crippen LogP contribution in [0.15, 0.2) is 0 Å². The fraction of sp³-hybridized carbons (Fsp3) is 0.353. The summed E-state index contributed by atoms with van der Waals surface area (Å²) < 4.78 is 6.57. The number of carbonyl (C=O) groups is 1. The van der Waals surface area contributed by atoms with Crippen LogP contribution in [0, 0.1) is 21.0 Å². The van der Waals surface area contributed by atoms with Crippen LogP contribution in [-0.4, -0.2) is 21.7 Å². The lowest BCUT2D eigenvalue weighted by Gasteiger charge is -2.20. The lowest BCUT2D eigenvalue weighted by Crippen LogP contribution is -2.27. The number of ether oxygens (including phenoxy) is 1. The van der Waals surface area contributed by atoms with Gasteiger partial charge in [0.1, 0.15) is 15.9 Å². The quantitative estimate of drug-likeness (QED) is 0.237. The third-order valence-corrected chi connectivity index (χ3v) is 7.43. The third-order valence-electron chi connectivity index (χ3n) is 3.11. The molecule has 0 spiro atoms. The highest BCUT2D eigenvalue weighted by atomic mass is 127. The van der Waals surface area contributed by atoms with Crippen LogP contribution in [0.5, 0.6) is 0 Å². The summed E-state index contributed by atoms with van der Waals surface area (Å²) in [6, 6.07) is 0. The van der Waals surface area contributed by atoms with Crippen molar-refractivity contribution in [2.24, 2.45) is 0 Å². The molecule has 0 aliphatic heterocycles. The van der Waals surface area contributed by atoms with Crippen molar-refractivity contribution in [1.29, 1.82) is 0 Å². The molecule has 2 aromatic heterocycles. The molecule has 0 aromatic carbocycles. The number of aryl methyl sites for hydroxylation is 2. The molecule has 12 heteroatoms. The maximum Gasteiger partial charge on any atom is 0.412 e. The van der Waals surface area contributed by atoms with E-state index in [0.717, 1.165) is 3.57 Å². The lowest BCUT2D eigenvalue weighted by atomic mass is 10.2. The molecule has 2 aromatic rings. The maximum absolute atomic E-state index is 11.7. The summed E-state index contributed by atoms with van der Waals surface area (Å²) in [5.41, 5.74) is 7.48. The molecule has 160 valence electrons. The summed E-state index contributed by atoms with van der Waals surface area (Å²) in [7, 11) is 0. The van der Waals surface area contributed by atoms with Crippen molar-refractivity contribution < 1.29 is 9.53 Å². The third kappa shape index (κ3) is 7.88. The van der Waals surface area contributed by atoms with Crippen molar-refractivity contribution in [2.75, 3.05) is 11.1 Å². The number of nitrogen functional groups attached to an aromatic ring is 1. The number of pyridine rings is 2. The van der Waals surface area contributed by atoms with E-state index >= 15 is 0 Å². The van der Waals surface area contributed by atoms with Crippen LogP contribution >= 0.6 is 91.6 Å². The van der Waals surface area contributed by atoms with E-state index in [9.17, 15) is 4.79 Å². The first-order valence-electron chi connectivity index (χ1n) is 7.93. The van der Waals surface area contributed by atoms with Gasteiger partial charge in [-0.3, -0.25) is 5.32 Å². The number of rotatable bonds is 1. The van der Waals surface area contributed by atoms with Crippen molar-refractivity contribution in [3.05, 3.63) is 38.9 Å². The summed E-state index contributed by atoms with van der Waals surface area (Å²) in [6.45, 7) is 8.89. The highest BCUT2D eigenvalue weighted by molar-refractivity contribution is 14.1. The number of nitrogens with one attached hydrogen (secondary N) is 1. The second-order valence-electron chi connectivity index (χ2n) is 6.65. The fourth-order valence-electron chi connectivity index (χ4n) is 1.79. The highest BCUT2D eigenvalue weighted by Crippen LogP contribution is 2.33. The molecule has 3 N–H and O–H groups in total. The first kappa shape index (κ1) is 27.0. The Morgan fingerprint density at radius 3 is 1.90 bits per heavy atom. The molecule has 0 unspecified atom stereocenters. The van der Waals surface area contributed by atoms with E-state index in [0.29, 0.717) is 41.5 Å². The number of nitrogens with two attached hydrogens (primary N) is 1. The van der Waals surface area contributed by atoms with Gasteiger partial charge in [0.05, 0.1) is 39.9 Å². The van der Waals surface area contributed by atoms with Crippen molar-refractivity contribution in [2.45, 2.75) is 40.2 Å². The molecule has 2 heterocycles. The van der Waals surface area contributed by atoms with E-state index in [4.69, 9.17) is 56.9 Å². The van der Waals surface area contributed by atoms with E-state index < -0.39 is 11.7 Å². The molecular formula is C17H18Cl4I2N4O2. The van der Waals surface area contributed by atoms with Gasteiger partial charge in [-0.15, -0.1) is 0 Å². The Morgan fingerprint density at radius 2 is 1.41 bits per heavy atom. The van der Waals surface area contributed by atoms with Crippen LogP contribution in [0.4, 0.5) is 16.2 Å². The van der Waals surface area contributed by atoms with Gasteiger partial charge in [-0.1, -0.05) is 46.4 Å². The van der Waals surface area contributed by atoms with Gasteiger partial charge in [0.15, 0.2) is 0 Å². The van der Waals surface area contributed by atoms with E-state index in [-0.39, 0.29) is 5.15 Å². The zero-order valence-corrected chi connectivity index (χ0v) is 23.4. The van der Waals surface area contributed by atoms with Crippen LogP contribution in [0.3, 0.4) is 0 Å². The van der Waals surface area contributed by atoms with Gasteiger partial charge < -0.3 is 10.5 Å². The topological polar surface area (TPSA) is 90.1 Å². The number of aromatic nitrogens is 2. The van der Waals surface area contributed by atoms with Gasteiger partial charge in [0.25, 0.3) is 0 Å². The number of halogens is 6. The number of anilines is 2. The van der Waals surface area contributed by atoms with E-state index in [1.54, 1.807) is 34.6 Å². The van der Waals surface area contributed by atoms with Crippen LogP contribution in [-0.2, 0) is 4.74 Å². The molecular weight excluding hydrogens is 688 g/mol. The van der Waals surface area contributed by atoms with Gasteiger partial charge in [-0.05, 0) is 79.8 Å². The van der Waals surface area contributed by atoms with Crippen molar-refractivity contribution in [1.82, 2.24) is 9.97 Å². The predicted octanol–water partition coefficient (Wildman–Crippen LogP) is 7.53. The largest absolute Gasteiger partial charge is 0.444 e. The van der Waals surface area contributed by atoms with Crippen LogP contribution in [0.25, 0.3) is 0 Å². The minimum atomic E-state index is -0.562. The average Bonchev–Trinajstić information content (AvgIpc) is 2.59. The van der Waals surface area contributed by atoms with Crippen LogP contribution in [0.2, 0.25) is 20.4 Å². The molecule has 0 aliphatic rings. The maximum atomic E-state index is 11.7. The molecule has 6 nitrogen and oxygen atoms in total. The van der Waals surface area contributed by atoms with E-state index in [2.05, 4.69) is 15.3 Å². The lowest BCUT2D eigenvalue weighted by molar-refractivity contribution is 0.0635. The Labute approximate surface area is 216 Å². The number of hydrogen-bond donors (Lipinski definition) is 2. The molecule has 0 fully saturated rings. The fourth-order valence-corrected chi connectivity index (χ4v) is 4.26. The molecule has 0 saturated carbocycles. The van der Waals surface area contributed by atoms with Crippen molar-refractivity contribution >= 4 is 109 Å².